The zero-order chi connectivity index (χ0) is 21.8. The highest BCUT2D eigenvalue weighted by molar-refractivity contribution is 6.31. The van der Waals surface area contributed by atoms with Crippen LogP contribution in [0.5, 0.6) is 5.75 Å². The Morgan fingerprint density at radius 3 is 2.84 bits per heavy atom. The molecule has 2 heterocycles. The van der Waals surface area contributed by atoms with Gasteiger partial charge in [-0.25, -0.2) is 0 Å². The predicted octanol–water partition coefficient (Wildman–Crippen LogP) is 3.18. The smallest absolute Gasteiger partial charge is 0.226 e. The number of halogens is 1. The van der Waals surface area contributed by atoms with Crippen molar-refractivity contribution in [1.29, 1.82) is 0 Å². The lowest BCUT2D eigenvalue weighted by molar-refractivity contribution is -0.137. The Balaban J connectivity index is 1.29. The summed E-state index contributed by atoms with van der Waals surface area (Å²) in [5, 5.41) is 13.8. The van der Waals surface area contributed by atoms with Crippen LogP contribution in [0.15, 0.2) is 18.2 Å². The molecule has 3 fully saturated rings. The third kappa shape index (κ3) is 5.54. The molecule has 2 N–H and O–H groups in total. The van der Waals surface area contributed by atoms with Crippen LogP contribution >= 0.6 is 11.6 Å². The van der Waals surface area contributed by atoms with Gasteiger partial charge < -0.3 is 24.8 Å². The van der Waals surface area contributed by atoms with Crippen LogP contribution < -0.4 is 10.1 Å². The number of hydrogen-bond donors (Lipinski definition) is 2. The van der Waals surface area contributed by atoms with Crippen LogP contribution in [0.1, 0.15) is 51.0 Å². The lowest BCUT2D eigenvalue weighted by Gasteiger charge is -2.43. The fraction of sp³-hybridized carbons (Fsp3) is 0.708. The molecule has 3 aliphatic rings. The van der Waals surface area contributed by atoms with Gasteiger partial charge in [0.25, 0.3) is 0 Å². The molecule has 0 radical (unpaired) electrons. The summed E-state index contributed by atoms with van der Waals surface area (Å²) in [5.74, 6) is 0.963. The highest BCUT2D eigenvalue weighted by Crippen LogP contribution is 2.38. The second kappa shape index (κ2) is 10.1. The van der Waals surface area contributed by atoms with E-state index in [1.807, 2.05) is 18.2 Å². The molecule has 31 heavy (non-hydrogen) atoms. The van der Waals surface area contributed by atoms with E-state index in [-0.39, 0.29) is 29.6 Å². The number of rotatable bonds is 7. The van der Waals surface area contributed by atoms with Crippen molar-refractivity contribution in [3.8, 4) is 5.75 Å². The lowest BCUT2D eigenvalue weighted by Crippen LogP contribution is -2.50. The quantitative estimate of drug-likeness (QED) is 0.667. The second-order valence-corrected chi connectivity index (χ2v) is 9.90. The van der Waals surface area contributed by atoms with Gasteiger partial charge in [-0.05, 0) is 63.1 Å². The number of ether oxygens (including phenoxy) is 2. The highest BCUT2D eigenvalue weighted by atomic mass is 35.5. The van der Waals surface area contributed by atoms with Gasteiger partial charge in [0.15, 0.2) is 0 Å². The standard InChI is InChI=1S/C24H35ClN2O4/c1-24(8-4-19(28)5-9-24)27-11-6-18(23(27)29)14-17-2-3-20(15-22(17)25)30-12-7-21-16-26-10-13-31-21/h2-3,15,18-19,21,26,28H,4-14,16H2,1H3. The molecule has 1 aromatic carbocycles. The van der Waals surface area contributed by atoms with Crippen LogP contribution in [0.4, 0.5) is 0 Å². The summed E-state index contributed by atoms with van der Waals surface area (Å²) in [6, 6.07) is 5.80. The minimum Gasteiger partial charge on any atom is -0.493 e. The van der Waals surface area contributed by atoms with Gasteiger partial charge in [0, 0.05) is 42.5 Å². The first-order chi connectivity index (χ1) is 14.9. The van der Waals surface area contributed by atoms with E-state index < -0.39 is 0 Å². The molecule has 1 aromatic rings. The maximum atomic E-state index is 13.1. The summed E-state index contributed by atoms with van der Waals surface area (Å²) in [4.78, 5) is 15.2. The van der Waals surface area contributed by atoms with Crippen LogP contribution in [-0.4, -0.2) is 66.5 Å². The van der Waals surface area contributed by atoms with E-state index in [1.165, 1.54) is 0 Å². The second-order valence-electron chi connectivity index (χ2n) is 9.49. The molecule has 0 bridgehead atoms. The molecule has 6 nitrogen and oxygen atoms in total. The number of nitrogens with zero attached hydrogens (tertiary/aromatic N) is 1. The number of aliphatic hydroxyl groups is 1. The molecule has 0 aromatic heterocycles. The first-order valence-electron chi connectivity index (χ1n) is 11.7. The van der Waals surface area contributed by atoms with Crippen LogP contribution in [0.3, 0.4) is 0 Å². The number of aliphatic hydroxyl groups excluding tert-OH is 1. The highest BCUT2D eigenvalue weighted by Gasteiger charge is 2.44. The molecule has 2 unspecified atom stereocenters. The summed E-state index contributed by atoms with van der Waals surface area (Å²) in [5.41, 5.74) is 0.877. The lowest BCUT2D eigenvalue weighted by atomic mass is 9.80. The first-order valence-corrected chi connectivity index (χ1v) is 12.1. The number of likely N-dealkylation sites (tertiary alicyclic amines) is 1. The van der Waals surface area contributed by atoms with Crippen molar-refractivity contribution in [2.45, 2.75) is 69.6 Å². The van der Waals surface area contributed by atoms with E-state index in [4.69, 9.17) is 21.1 Å². The van der Waals surface area contributed by atoms with E-state index in [1.54, 1.807) is 0 Å². The van der Waals surface area contributed by atoms with E-state index in [2.05, 4.69) is 17.1 Å². The number of amides is 1. The van der Waals surface area contributed by atoms with Gasteiger partial charge >= 0.3 is 0 Å². The third-order valence-corrected chi connectivity index (χ3v) is 7.56. The predicted molar refractivity (Wildman–Crippen MR) is 121 cm³/mol. The van der Waals surface area contributed by atoms with Crippen LogP contribution in [-0.2, 0) is 16.0 Å². The van der Waals surface area contributed by atoms with E-state index >= 15 is 0 Å². The average Bonchev–Trinajstić information content (AvgIpc) is 3.14. The SMILES string of the molecule is CC1(N2CCC(Cc3ccc(OCCC4CNCCO4)cc3Cl)C2=O)CCC(O)CC1. The fourth-order valence-electron chi connectivity index (χ4n) is 5.12. The molecule has 7 heteroatoms. The summed E-state index contributed by atoms with van der Waals surface area (Å²) in [7, 11) is 0. The van der Waals surface area contributed by atoms with Crippen LogP contribution in [0, 0.1) is 5.92 Å². The van der Waals surface area contributed by atoms with E-state index in [0.29, 0.717) is 18.1 Å². The molecular weight excluding hydrogens is 416 g/mol. The van der Waals surface area contributed by atoms with Gasteiger partial charge in [0.1, 0.15) is 5.75 Å². The Labute approximate surface area is 190 Å². The normalized spacial score (nSPS) is 31.8. The van der Waals surface area contributed by atoms with Crippen molar-refractivity contribution < 1.29 is 19.4 Å². The van der Waals surface area contributed by atoms with Crippen molar-refractivity contribution in [2.75, 3.05) is 32.8 Å². The van der Waals surface area contributed by atoms with Gasteiger partial charge in [-0.15, -0.1) is 0 Å². The Kier molecular flexibility index (Phi) is 7.42. The largest absolute Gasteiger partial charge is 0.493 e. The number of benzene rings is 1. The molecule has 2 aliphatic heterocycles. The number of carbonyl (C=O) groups is 1. The Morgan fingerprint density at radius 2 is 2.13 bits per heavy atom. The Hall–Kier alpha value is -1.34. The van der Waals surface area contributed by atoms with Gasteiger partial charge in [0.2, 0.25) is 5.91 Å². The molecule has 1 saturated carbocycles. The minimum absolute atomic E-state index is 0.0242. The van der Waals surface area contributed by atoms with Crippen LogP contribution in [0.25, 0.3) is 0 Å². The molecule has 1 aliphatic carbocycles. The molecule has 2 atom stereocenters. The number of hydrogen-bond acceptors (Lipinski definition) is 5. The average molecular weight is 451 g/mol. The van der Waals surface area contributed by atoms with Crippen LogP contribution in [0.2, 0.25) is 5.02 Å². The summed E-state index contributed by atoms with van der Waals surface area (Å²) >= 11 is 6.54. The van der Waals surface area contributed by atoms with Crippen molar-refractivity contribution >= 4 is 17.5 Å². The maximum absolute atomic E-state index is 13.1. The zero-order valence-electron chi connectivity index (χ0n) is 18.4. The monoisotopic (exact) mass is 450 g/mol. The number of carbonyl (C=O) groups excluding carboxylic acids is 1. The van der Waals surface area contributed by atoms with Gasteiger partial charge in [-0.1, -0.05) is 17.7 Å². The van der Waals surface area contributed by atoms with Gasteiger partial charge in [-0.2, -0.15) is 0 Å². The Bertz CT molecular complexity index is 760. The number of morpholine rings is 1. The van der Waals surface area contributed by atoms with Crippen molar-refractivity contribution in [3.63, 3.8) is 0 Å². The molecular formula is C24H35ClN2O4. The maximum Gasteiger partial charge on any atom is 0.226 e. The Morgan fingerprint density at radius 1 is 1.32 bits per heavy atom. The molecule has 1 amide bonds. The minimum atomic E-state index is -0.215. The summed E-state index contributed by atoms with van der Waals surface area (Å²) in [6.45, 7) is 6.10. The van der Waals surface area contributed by atoms with Crippen molar-refractivity contribution in [3.05, 3.63) is 28.8 Å². The summed E-state index contributed by atoms with van der Waals surface area (Å²) < 4.78 is 11.6. The summed E-state index contributed by atoms with van der Waals surface area (Å²) in [6.07, 6.45) is 5.66. The van der Waals surface area contributed by atoms with Crippen molar-refractivity contribution in [1.82, 2.24) is 10.2 Å². The van der Waals surface area contributed by atoms with E-state index in [0.717, 1.165) is 76.1 Å². The third-order valence-electron chi connectivity index (χ3n) is 7.20. The van der Waals surface area contributed by atoms with Crippen molar-refractivity contribution in [2.24, 2.45) is 5.92 Å². The molecule has 0 spiro atoms. The molecule has 4 rings (SSSR count). The molecule has 172 valence electrons. The zero-order valence-corrected chi connectivity index (χ0v) is 19.2. The molecule has 2 saturated heterocycles. The van der Waals surface area contributed by atoms with Gasteiger partial charge in [-0.3, -0.25) is 4.79 Å². The fourth-order valence-corrected chi connectivity index (χ4v) is 5.37. The topological polar surface area (TPSA) is 71.0 Å². The first kappa shape index (κ1) is 22.8. The number of nitrogens with one attached hydrogen (secondary N) is 1. The van der Waals surface area contributed by atoms with Gasteiger partial charge in [0.05, 0.1) is 25.4 Å². The van der Waals surface area contributed by atoms with E-state index in [9.17, 15) is 9.90 Å².